The molecule has 7 nitrogen and oxygen atoms in total. The number of guanidine groups is 1. The van der Waals surface area contributed by atoms with E-state index in [0.29, 0.717) is 19.8 Å². The van der Waals surface area contributed by atoms with E-state index in [4.69, 9.17) is 14.5 Å². The number of methoxy groups -OCH3 is 1. The van der Waals surface area contributed by atoms with Crippen molar-refractivity contribution in [2.45, 2.75) is 39.2 Å². The zero-order valence-electron chi connectivity index (χ0n) is 16.9. The Kier molecular flexibility index (Phi) is 10.6. The van der Waals surface area contributed by atoms with Crippen LogP contribution in [0.5, 0.6) is 0 Å². The minimum Gasteiger partial charge on any atom is -0.382 e. The fourth-order valence-corrected chi connectivity index (χ4v) is 2.99. The molecule has 27 heavy (non-hydrogen) atoms. The van der Waals surface area contributed by atoms with Gasteiger partial charge >= 0.3 is 0 Å². The number of hydrogen-bond donors (Lipinski definition) is 2. The zero-order valence-corrected chi connectivity index (χ0v) is 16.9. The smallest absolute Gasteiger partial charge is 0.191 e. The number of piperidine rings is 1. The highest BCUT2D eigenvalue weighted by Crippen LogP contribution is 2.18. The Balaban J connectivity index is 1.79. The van der Waals surface area contributed by atoms with Crippen molar-refractivity contribution in [3.8, 4) is 0 Å². The average molecular weight is 378 g/mol. The van der Waals surface area contributed by atoms with Gasteiger partial charge in [-0.25, -0.2) is 9.98 Å². The van der Waals surface area contributed by atoms with Gasteiger partial charge in [-0.2, -0.15) is 0 Å². The van der Waals surface area contributed by atoms with E-state index in [1.165, 1.54) is 24.8 Å². The molecule has 0 unspecified atom stereocenters. The molecule has 0 bridgehead atoms. The Labute approximate surface area is 163 Å². The van der Waals surface area contributed by atoms with E-state index in [-0.39, 0.29) is 0 Å². The molecule has 0 saturated carbocycles. The zero-order chi connectivity index (χ0) is 19.2. The normalized spacial score (nSPS) is 15.0. The largest absolute Gasteiger partial charge is 0.382 e. The van der Waals surface area contributed by atoms with Gasteiger partial charge < -0.3 is 25.0 Å². The van der Waals surface area contributed by atoms with Crippen molar-refractivity contribution in [3.05, 3.63) is 23.9 Å². The first-order valence-corrected chi connectivity index (χ1v) is 10.1. The number of rotatable bonds is 11. The number of aromatic nitrogens is 1. The molecule has 0 atom stereocenters. The second kappa shape index (κ2) is 13.3. The van der Waals surface area contributed by atoms with Crippen molar-refractivity contribution < 1.29 is 9.47 Å². The molecule has 0 radical (unpaired) electrons. The van der Waals surface area contributed by atoms with Crippen molar-refractivity contribution in [2.24, 2.45) is 4.99 Å². The van der Waals surface area contributed by atoms with Gasteiger partial charge in [0.25, 0.3) is 0 Å². The molecular weight excluding hydrogens is 342 g/mol. The van der Waals surface area contributed by atoms with Crippen LogP contribution in [0.2, 0.25) is 0 Å². The molecule has 152 valence electrons. The summed E-state index contributed by atoms with van der Waals surface area (Å²) in [6.07, 6.45) is 6.67. The molecule has 1 aliphatic rings. The van der Waals surface area contributed by atoms with Crippen LogP contribution in [0.4, 0.5) is 5.82 Å². The van der Waals surface area contributed by atoms with Crippen LogP contribution in [-0.4, -0.2) is 64.1 Å². The first-order valence-electron chi connectivity index (χ1n) is 10.1. The minimum atomic E-state index is 0.642. The van der Waals surface area contributed by atoms with Gasteiger partial charge in [0.15, 0.2) is 5.96 Å². The summed E-state index contributed by atoms with van der Waals surface area (Å²) in [7, 11) is 1.68. The highest BCUT2D eigenvalue weighted by Gasteiger charge is 2.12. The Bertz CT molecular complexity index is 547. The molecule has 1 fully saturated rings. The Morgan fingerprint density at radius 2 is 2.04 bits per heavy atom. The molecule has 0 aliphatic carbocycles. The fraction of sp³-hybridized carbons (Fsp3) is 0.700. The van der Waals surface area contributed by atoms with Gasteiger partial charge in [-0.1, -0.05) is 0 Å². The van der Waals surface area contributed by atoms with Gasteiger partial charge in [-0.05, 0) is 50.3 Å². The second-order valence-corrected chi connectivity index (χ2v) is 6.65. The Morgan fingerprint density at radius 1 is 1.19 bits per heavy atom. The molecule has 1 saturated heterocycles. The quantitative estimate of drug-likeness (QED) is 0.350. The lowest BCUT2D eigenvalue weighted by atomic mass is 10.1. The molecule has 2 N–H and O–H groups in total. The summed E-state index contributed by atoms with van der Waals surface area (Å²) in [6, 6.07) is 4.21. The third kappa shape index (κ3) is 8.58. The summed E-state index contributed by atoms with van der Waals surface area (Å²) in [5, 5.41) is 6.66. The molecule has 2 rings (SSSR count). The van der Waals surface area contributed by atoms with Crippen LogP contribution >= 0.6 is 0 Å². The van der Waals surface area contributed by atoms with E-state index < -0.39 is 0 Å². The van der Waals surface area contributed by atoms with Crippen LogP contribution in [0, 0.1) is 0 Å². The first-order chi connectivity index (χ1) is 13.3. The van der Waals surface area contributed by atoms with Crippen molar-refractivity contribution in [1.29, 1.82) is 0 Å². The number of hydrogen-bond acceptors (Lipinski definition) is 5. The van der Waals surface area contributed by atoms with Crippen LogP contribution in [0.15, 0.2) is 23.3 Å². The molecule has 0 spiro atoms. The summed E-state index contributed by atoms with van der Waals surface area (Å²) in [6.45, 7) is 8.61. The van der Waals surface area contributed by atoms with Crippen LogP contribution in [0.1, 0.15) is 38.2 Å². The van der Waals surface area contributed by atoms with Gasteiger partial charge in [0.1, 0.15) is 5.82 Å². The van der Waals surface area contributed by atoms with E-state index in [1.54, 1.807) is 7.11 Å². The summed E-state index contributed by atoms with van der Waals surface area (Å²) in [5.74, 6) is 1.92. The van der Waals surface area contributed by atoms with E-state index in [1.807, 2.05) is 12.3 Å². The van der Waals surface area contributed by atoms with Crippen LogP contribution in [-0.2, 0) is 16.0 Å². The molecule has 2 heterocycles. The number of nitrogens with zero attached hydrogens (tertiary/aromatic N) is 3. The predicted octanol–water partition coefficient (Wildman–Crippen LogP) is 2.18. The topological polar surface area (TPSA) is 71.0 Å². The predicted molar refractivity (Wildman–Crippen MR) is 110 cm³/mol. The molecule has 1 aromatic rings. The number of anilines is 1. The number of nitrogens with one attached hydrogen (secondary N) is 2. The van der Waals surface area contributed by atoms with Crippen LogP contribution in [0.3, 0.4) is 0 Å². The van der Waals surface area contributed by atoms with E-state index >= 15 is 0 Å². The number of pyridine rings is 1. The third-order valence-corrected chi connectivity index (χ3v) is 4.44. The lowest BCUT2D eigenvalue weighted by molar-refractivity contribution is 0.0698. The number of aliphatic imine (C=N–C) groups is 1. The van der Waals surface area contributed by atoms with Gasteiger partial charge in [-0.15, -0.1) is 0 Å². The SMILES string of the molecule is CCNC(=NCc1ccnc(N2CCCCC2)c1)NCCCOCCOC. The molecule has 0 amide bonds. The van der Waals surface area contributed by atoms with Gasteiger partial charge in [-0.3, -0.25) is 0 Å². The number of ether oxygens (including phenoxy) is 2. The van der Waals surface area contributed by atoms with Gasteiger partial charge in [0.2, 0.25) is 0 Å². The van der Waals surface area contributed by atoms with Crippen LogP contribution in [0.25, 0.3) is 0 Å². The van der Waals surface area contributed by atoms with E-state index in [0.717, 1.165) is 51.0 Å². The summed E-state index contributed by atoms with van der Waals surface area (Å²) >= 11 is 0. The summed E-state index contributed by atoms with van der Waals surface area (Å²) in [5.41, 5.74) is 1.19. The van der Waals surface area contributed by atoms with Crippen molar-refractivity contribution in [1.82, 2.24) is 15.6 Å². The monoisotopic (exact) mass is 377 g/mol. The van der Waals surface area contributed by atoms with Gasteiger partial charge in [0, 0.05) is 46.1 Å². The maximum atomic E-state index is 5.48. The minimum absolute atomic E-state index is 0.642. The highest BCUT2D eigenvalue weighted by atomic mass is 16.5. The molecule has 7 heteroatoms. The van der Waals surface area contributed by atoms with Crippen molar-refractivity contribution in [2.75, 3.05) is 58.0 Å². The highest BCUT2D eigenvalue weighted by molar-refractivity contribution is 5.79. The Morgan fingerprint density at radius 3 is 2.81 bits per heavy atom. The lowest BCUT2D eigenvalue weighted by Gasteiger charge is -2.27. The van der Waals surface area contributed by atoms with E-state index in [9.17, 15) is 0 Å². The van der Waals surface area contributed by atoms with Crippen molar-refractivity contribution >= 4 is 11.8 Å². The lowest BCUT2D eigenvalue weighted by Crippen LogP contribution is -2.38. The molecular formula is C20H35N5O2. The molecule has 0 aromatic carbocycles. The van der Waals surface area contributed by atoms with E-state index in [2.05, 4.69) is 33.5 Å². The van der Waals surface area contributed by atoms with Gasteiger partial charge in [0.05, 0.1) is 19.8 Å². The summed E-state index contributed by atoms with van der Waals surface area (Å²) in [4.78, 5) is 11.6. The van der Waals surface area contributed by atoms with Crippen LogP contribution < -0.4 is 15.5 Å². The average Bonchev–Trinajstić information content (AvgIpc) is 2.72. The first kappa shape index (κ1) is 21.4. The Hall–Kier alpha value is -1.86. The third-order valence-electron chi connectivity index (χ3n) is 4.44. The summed E-state index contributed by atoms with van der Waals surface area (Å²) < 4.78 is 10.4. The second-order valence-electron chi connectivity index (χ2n) is 6.65. The fourth-order valence-electron chi connectivity index (χ4n) is 2.99. The molecule has 1 aliphatic heterocycles. The maximum absolute atomic E-state index is 5.48. The maximum Gasteiger partial charge on any atom is 0.191 e. The molecule has 1 aromatic heterocycles. The standard InChI is InChI=1S/C20H35N5O2/c1-3-21-20(23-9-7-13-27-15-14-26-2)24-17-18-8-10-22-19(16-18)25-11-5-4-6-12-25/h8,10,16H,3-7,9,11-15,17H2,1-2H3,(H2,21,23,24). The van der Waals surface area contributed by atoms with Crippen molar-refractivity contribution in [3.63, 3.8) is 0 Å².